The van der Waals surface area contributed by atoms with E-state index in [0.717, 1.165) is 5.69 Å². The molecule has 1 saturated heterocycles. The van der Waals surface area contributed by atoms with Crippen molar-refractivity contribution in [3.63, 3.8) is 0 Å². The van der Waals surface area contributed by atoms with Crippen LogP contribution in [-0.2, 0) is 19.6 Å². The Morgan fingerprint density at radius 2 is 1.68 bits per heavy atom. The van der Waals surface area contributed by atoms with Gasteiger partial charge in [-0.1, -0.05) is 0 Å². The Morgan fingerprint density at radius 3 is 2.29 bits per heavy atom. The van der Waals surface area contributed by atoms with Crippen LogP contribution in [0.3, 0.4) is 0 Å². The molecule has 1 fully saturated rings. The van der Waals surface area contributed by atoms with E-state index in [4.69, 9.17) is 9.47 Å². The molecule has 31 heavy (non-hydrogen) atoms. The van der Waals surface area contributed by atoms with Crippen LogP contribution in [0.15, 0.2) is 53.4 Å². The van der Waals surface area contributed by atoms with Gasteiger partial charge >= 0.3 is 0 Å². The molecule has 2 aromatic rings. The quantitative estimate of drug-likeness (QED) is 0.581. The van der Waals surface area contributed by atoms with Crippen molar-refractivity contribution in [3.05, 3.63) is 54.3 Å². The number of hydrogen-bond donors (Lipinski definition) is 1. The summed E-state index contributed by atoms with van der Waals surface area (Å²) in [5.74, 6) is -0.00599. The summed E-state index contributed by atoms with van der Waals surface area (Å²) in [7, 11) is -2.12. The number of sulfonamides is 1. The van der Waals surface area contributed by atoms with Gasteiger partial charge in [0.05, 0.1) is 11.5 Å². The lowest BCUT2D eigenvalue weighted by molar-refractivity contribution is -0.133. The minimum atomic E-state index is -3.61. The molecule has 0 saturated carbocycles. The molecule has 0 radical (unpaired) electrons. The summed E-state index contributed by atoms with van der Waals surface area (Å²) in [6.07, 6.45) is 0. The zero-order valence-corrected chi connectivity index (χ0v) is 18.1. The first kappa shape index (κ1) is 23.0. The highest BCUT2D eigenvalue weighted by molar-refractivity contribution is 7.89. The van der Waals surface area contributed by atoms with Crippen LogP contribution in [0.1, 0.15) is 0 Å². The Morgan fingerprint density at radius 1 is 1.03 bits per heavy atom. The second-order valence-electron chi connectivity index (χ2n) is 6.99. The van der Waals surface area contributed by atoms with Gasteiger partial charge in [0, 0.05) is 45.5 Å². The Bertz CT molecular complexity index is 960. The number of amides is 1. The number of nitrogens with zero attached hydrogens (tertiary/aromatic N) is 2. The molecule has 168 valence electrons. The van der Waals surface area contributed by atoms with Crippen molar-refractivity contribution in [1.29, 1.82) is 0 Å². The summed E-state index contributed by atoms with van der Waals surface area (Å²) in [5, 5.41) is 0. The normalized spacial score (nSPS) is 14.5. The minimum Gasteiger partial charge on any atom is -0.484 e. The predicted octanol–water partition coefficient (Wildman–Crippen LogP) is 1.48. The summed E-state index contributed by atoms with van der Waals surface area (Å²) in [6.45, 7) is 2.73. The van der Waals surface area contributed by atoms with E-state index in [9.17, 15) is 17.6 Å². The van der Waals surface area contributed by atoms with Gasteiger partial charge in [-0.3, -0.25) is 4.79 Å². The van der Waals surface area contributed by atoms with Crippen molar-refractivity contribution in [2.75, 3.05) is 57.9 Å². The molecular weight excluding hydrogens is 425 g/mol. The number of benzene rings is 2. The number of nitrogens with one attached hydrogen (secondary N) is 1. The van der Waals surface area contributed by atoms with Crippen molar-refractivity contribution in [1.82, 2.24) is 9.62 Å². The maximum Gasteiger partial charge on any atom is 0.260 e. The molecule has 1 heterocycles. The topological polar surface area (TPSA) is 88.2 Å². The first-order valence-electron chi connectivity index (χ1n) is 9.89. The average Bonchev–Trinajstić information content (AvgIpc) is 2.78. The van der Waals surface area contributed by atoms with Gasteiger partial charge in [-0.15, -0.1) is 0 Å². The van der Waals surface area contributed by atoms with Crippen LogP contribution < -0.4 is 14.4 Å². The monoisotopic (exact) mass is 451 g/mol. The van der Waals surface area contributed by atoms with Crippen LogP contribution in [0.2, 0.25) is 0 Å². The van der Waals surface area contributed by atoms with Crippen molar-refractivity contribution >= 4 is 21.6 Å². The Labute approximate surface area is 181 Å². The molecule has 0 unspecified atom stereocenters. The molecule has 3 rings (SSSR count). The first-order chi connectivity index (χ1) is 14.9. The second-order valence-corrected chi connectivity index (χ2v) is 8.76. The summed E-state index contributed by atoms with van der Waals surface area (Å²) in [4.78, 5) is 16.4. The van der Waals surface area contributed by atoms with Gasteiger partial charge in [0.2, 0.25) is 10.0 Å². The van der Waals surface area contributed by atoms with Crippen LogP contribution in [0.5, 0.6) is 5.75 Å². The molecule has 1 N–H and O–H groups in total. The van der Waals surface area contributed by atoms with Crippen LogP contribution in [0.25, 0.3) is 0 Å². The van der Waals surface area contributed by atoms with Gasteiger partial charge in [0.1, 0.15) is 11.6 Å². The largest absolute Gasteiger partial charge is 0.484 e. The fraction of sp³-hybridized carbons (Fsp3) is 0.381. The molecule has 0 aliphatic carbocycles. The van der Waals surface area contributed by atoms with E-state index in [0.29, 0.717) is 31.9 Å². The van der Waals surface area contributed by atoms with Crippen molar-refractivity contribution in [2.45, 2.75) is 4.90 Å². The molecule has 1 aliphatic rings. The van der Waals surface area contributed by atoms with Crippen LogP contribution >= 0.6 is 0 Å². The van der Waals surface area contributed by atoms with Crippen molar-refractivity contribution < 1.29 is 27.1 Å². The average molecular weight is 452 g/mol. The van der Waals surface area contributed by atoms with Crippen molar-refractivity contribution in [3.8, 4) is 5.75 Å². The molecule has 2 aromatic carbocycles. The highest BCUT2D eigenvalue weighted by atomic mass is 32.2. The van der Waals surface area contributed by atoms with Gasteiger partial charge in [-0.05, 0) is 48.5 Å². The number of rotatable bonds is 9. The molecule has 0 spiro atoms. The van der Waals surface area contributed by atoms with Crippen LogP contribution in [-0.4, -0.2) is 72.3 Å². The maximum atomic E-state index is 13.1. The fourth-order valence-electron chi connectivity index (χ4n) is 3.18. The molecule has 10 heteroatoms. The second kappa shape index (κ2) is 10.6. The first-order valence-corrected chi connectivity index (χ1v) is 11.4. The van der Waals surface area contributed by atoms with Gasteiger partial charge in [-0.2, -0.15) is 0 Å². The number of ether oxygens (including phenoxy) is 2. The molecule has 8 nitrogen and oxygen atoms in total. The van der Waals surface area contributed by atoms with E-state index < -0.39 is 10.0 Å². The molecule has 1 aliphatic heterocycles. The highest BCUT2D eigenvalue weighted by Gasteiger charge is 2.22. The van der Waals surface area contributed by atoms with E-state index in [2.05, 4.69) is 9.62 Å². The van der Waals surface area contributed by atoms with E-state index in [1.54, 1.807) is 17.0 Å². The number of piperazine rings is 1. The molecule has 1 amide bonds. The number of carbonyl (C=O) groups is 1. The van der Waals surface area contributed by atoms with E-state index in [1.165, 1.54) is 43.5 Å². The Balaban J connectivity index is 1.46. The van der Waals surface area contributed by atoms with Crippen LogP contribution in [0.4, 0.5) is 10.1 Å². The summed E-state index contributed by atoms with van der Waals surface area (Å²) < 4.78 is 50.1. The SMILES string of the molecule is COCCNS(=O)(=O)c1ccc(OCC(=O)N2CCN(c3ccc(F)cc3)CC2)cc1. The van der Waals surface area contributed by atoms with Gasteiger partial charge in [0.15, 0.2) is 6.61 Å². The number of carbonyl (C=O) groups excluding carboxylic acids is 1. The maximum absolute atomic E-state index is 13.1. The molecule has 0 aromatic heterocycles. The van der Waals surface area contributed by atoms with Crippen LogP contribution in [0, 0.1) is 5.82 Å². The van der Waals surface area contributed by atoms with E-state index in [-0.39, 0.29) is 36.4 Å². The number of hydrogen-bond acceptors (Lipinski definition) is 6. The Kier molecular flexibility index (Phi) is 7.83. The van der Waals surface area contributed by atoms with E-state index >= 15 is 0 Å². The highest BCUT2D eigenvalue weighted by Crippen LogP contribution is 2.18. The molecular formula is C21H26FN3O5S. The number of methoxy groups -OCH3 is 1. The zero-order valence-electron chi connectivity index (χ0n) is 17.3. The van der Waals surface area contributed by atoms with Gasteiger partial charge < -0.3 is 19.3 Å². The third-order valence-corrected chi connectivity index (χ3v) is 6.40. The third kappa shape index (κ3) is 6.39. The fourth-order valence-corrected chi connectivity index (χ4v) is 4.19. The minimum absolute atomic E-state index is 0.110. The Hall–Kier alpha value is -2.69. The summed E-state index contributed by atoms with van der Waals surface area (Å²) >= 11 is 0. The number of anilines is 1. The van der Waals surface area contributed by atoms with Gasteiger partial charge in [-0.25, -0.2) is 17.5 Å². The summed E-state index contributed by atoms with van der Waals surface area (Å²) in [5.41, 5.74) is 0.927. The lowest BCUT2D eigenvalue weighted by atomic mass is 10.2. The molecule has 0 bridgehead atoms. The van der Waals surface area contributed by atoms with Crippen molar-refractivity contribution in [2.24, 2.45) is 0 Å². The predicted molar refractivity (Wildman–Crippen MR) is 114 cm³/mol. The van der Waals surface area contributed by atoms with Gasteiger partial charge in [0.25, 0.3) is 5.91 Å². The van der Waals surface area contributed by atoms with E-state index in [1.807, 2.05) is 0 Å². The smallest absolute Gasteiger partial charge is 0.260 e. The zero-order chi connectivity index (χ0) is 22.3. The summed E-state index contributed by atoms with van der Waals surface area (Å²) in [6, 6.07) is 12.2. The lowest BCUT2D eigenvalue weighted by Crippen LogP contribution is -2.50. The standard InChI is InChI=1S/C21H26FN3O5S/c1-29-15-10-23-31(27,28)20-8-6-19(7-9-20)30-16-21(26)25-13-11-24(12-14-25)18-4-2-17(22)3-5-18/h2-9,23H,10-16H2,1H3. The lowest BCUT2D eigenvalue weighted by Gasteiger charge is -2.36. The third-order valence-electron chi connectivity index (χ3n) is 4.92. The molecule has 0 atom stereocenters. The number of halogens is 1.